The van der Waals surface area contributed by atoms with Crippen LogP contribution in [0.2, 0.25) is 0 Å². The molecule has 1 aromatic carbocycles. The molecule has 7 nitrogen and oxygen atoms in total. The van der Waals surface area contributed by atoms with Crippen LogP contribution in [0.1, 0.15) is 23.4 Å². The van der Waals surface area contributed by atoms with Gasteiger partial charge in [-0.25, -0.2) is 8.42 Å². The Hall–Kier alpha value is -2.32. The summed E-state index contributed by atoms with van der Waals surface area (Å²) >= 11 is 0. The number of carbonyl (C=O) groups is 1. The first-order chi connectivity index (χ1) is 12.9. The van der Waals surface area contributed by atoms with Crippen LogP contribution in [0.15, 0.2) is 40.8 Å². The van der Waals surface area contributed by atoms with Gasteiger partial charge in [0.25, 0.3) is 5.91 Å². The number of nitrogens with one attached hydrogen (secondary N) is 2. The van der Waals surface area contributed by atoms with Crippen LogP contribution in [-0.4, -0.2) is 51.2 Å². The molecule has 1 atom stereocenters. The van der Waals surface area contributed by atoms with E-state index >= 15 is 0 Å². The molecule has 5 rings (SSSR count). The number of amides is 1. The highest BCUT2D eigenvalue weighted by atomic mass is 32.2. The number of benzene rings is 1. The Labute approximate surface area is 158 Å². The molecule has 3 fully saturated rings. The fraction of sp³-hybridized carbons (Fsp3) is 0.421. The highest BCUT2D eigenvalue weighted by Crippen LogP contribution is 2.28. The molecule has 0 radical (unpaired) electrons. The van der Waals surface area contributed by atoms with Gasteiger partial charge < -0.3 is 14.6 Å². The summed E-state index contributed by atoms with van der Waals surface area (Å²) in [4.78, 5) is 14.9. The third kappa shape index (κ3) is 4.17. The van der Waals surface area contributed by atoms with Gasteiger partial charge in [-0.3, -0.25) is 9.52 Å². The van der Waals surface area contributed by atoms with Gasteiger partial charge in [-0.15, -0.1) is 0 Å². The molecule has 3 aliphatic rings. The first-order valence-corrected chi connectivity index (χ1v) is 11.0. The fourth-order valence-electron chi connectivity index (χ4n) is 3.90. The highest BCUT2D eigenvalue weighted by molar-refractivity contribution is 7.92. The molecule has 1 aromatic heterocycles. The zero-order valence-corrected chi connectivity index (χ0v) is 16.0. The fourth-order valence-corrected chi connectivity index (χ4v) is 4.46. The van der Waals surface area contributed by atoms with Crippen molar-refractivity contribution in [1.29, 1.82) is 0 Å². The highest BCUT2D eigenvalue weighted by Gasteiger charge is 2.35. The van der Waals surface area contributed by atoms with Gasteiger partial charge in [0.2, 0.25) is 10.0 Å². The molecule has 0 aliphatic carbocycles. The number of piperidine rings is 3. The Morgan fingerprint density at radius 2 is 1.81 bits per heavy atom. The van der Waals surface area contributed by atoms with Crippen molar-refractivity contribution in [2.24, 2.45) is 5.92 Å². The summed E-state index contributed by atoms with van der Waals surface area (Å²) < 4.78 is 30.7. The van der Waals surface area contributed by atoms with E-state index in [1.165, 1.54) is 0 Å². The first kappa shape index (κ1) is 18.1. The summed E-state index contributed by atoms with van der Waals surface area (Å²) in [6.45, 7) is 3.18. The van der Waals surface area contributed by atoms with Crippen LogP contribution < -0.4 is 10.0 Å². The molecule has 2 aromatic rings. The van der Waals surface area contributed by atoms with E-state index in [0.717, 1.165) is 44.3 Å². The quantitative estimate of drug-likeness (QED) is 0.818. The van der Waals surface area contributed by atoms with Crippen LogP contribution >= 0.6 is 0 Å². The zero-order chi connectivity index (χ0) is 19.0. The van der Waals surface area contributed by atoms with E-state index < -0.39 is 10.0 Å². The van der Waals surface area contributed by atoms with Gasteiger partial charge in [-0.05, 0) is 68.2 Å². The minimum atomic E-state index is -3.31. The molecular weight excluding hydrogens is 366 g/mol. The Balaban J connectivity index is 1.43. The zero-order valence-electron chi connectivity index (χ0n) is 15.1. The van der Waals surface area contributed by atoms with E-state index in [1.807, 2.05) is 0 Å². The number of hydrogen-bond acceptors (Lipinski definition) is 5. The monoisotopic (exact) mass is 389 g/mol. The van der Waals surface area contributed by atoms with Crippen molar-refractivity contribution in [1.82, 2.24) is 10.2 Å². The number of fused-ring (bicyclic) bond motifs is 3. The second kappa shape index (κ2) is 7.01. The molecule has 0 spiro atoms. The van der Waals surface area contributed by atoms with Gasteiger partial charge in [0.05, 0.1) is 6.26 Å². The lowest BCUT2D eigenvalue weighted by molar-refractivity contribution is 0.0606. The summed E-state index contributed by atoms with van der Waals surface area (Å²) in [7, 11) is -3.31. The predicted octanol–water partition coefficient (Wildman–Crippen LogP) is 2.14. The number of anilines is 1. The summed E-state index contributed by atoms with van der Waals surface area (Å²) in [6.07, 6.45) is 3.39. The minimum absolute atomic E-state index is 0.185. The number of rotatable bonds is 5. The molecule has 2 N–H and O–H groups in total. The van der Waals surface area contributed by atoms with Crippen LogP contribution in [0.4, 0.5) is 5.69 Å². The van der Waals surface area contributed by atoms with Crippen molar-refractivity contribution in [3.05, 3.63) is 42.2 Å². The van der Waals surface area contributed by atoms with Crippen molar-refractivity contribution >= 4 is 21.6 Å². The lowest BCUT2D eigenvalue weighted by Crippen LogP contribution is -2.57. The molecule has 144 valence electrons. The standard InChI is InChI=1S/C19H23N3O4S/c1-27(24,25)21-15-4-2-14(3-5-15)17-6-7-18(26-17)19(23)20-16-12-22-10-8-13(16)9-11-22/h2-7,13,16,21H,8-12H2,1H3,(H,20,23). The number of furan rings is 1. The number of nitrogens with zero attached hydrogens (tertiary/aromatic N) is 1. The summed E-state index contributed by atoms with van der Waals surface area (Å²) in [5.74, 6) is 1.23. The lowest BCUT2D eigenvalue weighted by Gasteiger charge is -2.44. The third-order valence-electron chi connectivity index (χ3n) is 5.28. The van der Waals surface area contributed by atoms with E-state index in [2.05, 4.69) is 14.9 Å². The van der Waals surface area contributed by atoms with Gasteiger partial charge in [0, 0.05) is 23.8 Å². The van der Waals surface area contributed by atoms with Crippen molar-refractivity contribution in [3.8, 4) is 11.3 Å². The molecule has 1 amide bonds. The third-order valence-corrected chi connectivity index (χ3v) is 5.88. The van der Waals surface area contributed by atoms with Gasteiger partial charge >= 0.3 is 0 Å². The number of hydrogen-bond donors (Lipinski definition) is 2. The summed E-state index contributed by atoms with van der Waals surface area (Å²) in [5, 5.41) is 3.12. The molecule has 8 heteroatoms. The van der Waals surface area contributed by atoms with Crippen LogP contribution in [0.5, 0.6) is 0 Å². The van der Waals surface area contributed by atoms with Crippen molar-refractivity contribution < 1.29 is 17.6 Å². The summed E-state index contributed by atoms with van der Waals surface area (Å²) in [6, 6.07) is 10.4. The smallest absolute Gasteiger partial charge is 0.287 e. The molecule has 1 unspecified atom stereocenters. The SMILES string of the molecule is CS(=O)(=O)Nc1ccc(-c2ccc(C(=O)NC3CN4CCC3CC4)o2)cc1. The van der Waals surface area contributed by atoms with Crippen LogP contribution in [-0.2, 0) is 10.0 Å². The second-order valence-corrected chi connectivity index (χ2v) is 9.08. The van der Waals surface area contributed by atoms with E-state index in [1.54, 1.807) is 36.4 Å². The average molecular weight is 389 g/mol. The topological polar surface area (TPSA) is 91.6 Å². The maximum Gasteiger partial charge on any atom is 0.287 e. The van der Waals surface area contributed by atoms with Crippen LogP contribution in [0, 0.1) is 5.92 Å². The van der Waals surface area contributed by atoms with Crippen LogP contribution in [0.3, 0.4) is 0 Å². The van der Waals surface area contributed by atoms with Crippen molar-refractivity contribution in [2.45, 2.75) is 18.9 Å². The average Bonchev–Trinajstić information content (AvgIpc) is 3.12. The van der Waals surface area contributed by atoms with Crippen molar-refractivity contribution in [3.63, 3.8) is 0 Å². The van der Waals surface area contributed by atoms with E-state index in [4.69, 9.17) is 4.42 Å². The molecule has 0 saturated carbocycles. The second-order valence-electron chi connectivity index (χ2n) is 7.33. The maximum absolute atomic E-state index is 12.5. The number of carbonyl (C=O) groups excluding carboxylic acids is 1. The largest absolute Gasteiger partial charge is 0.451 e. The Morgan fingerprint density at radius 1 is 1.11 bits per heavy atom. The molecule has 2 bridgehead atoms. The Kier molecular flexibility index (Phi) is 4.69. The van der Waals surface area contributed by atoms with Crippen molar-refractivity contribution in [2.75, 3.05) is 30.6 Å². The first-order valence-electron chi connectivity index (χ1n) is 9.09. The molecule has 3 saturated heterocycles. The molecule has 3 aliphatic heterocycles. The van der Waals surface area contributed by atoms with Gasteiger partial charge in [0.15, 0.2) is 5.76 Å². The van der Waals surface area contributed by atoms with E-state index in [0.29, 0.717) is 23.1 Å². The Morgan fingerprint density at radius 3 is 2.41 bits per heavy atom. The summed E-state index contributed by atoms with van der Waals surface area (Å²) in [5.41, 5.74) is 1.25. The Bertz CT molecular complexity index is 928. The van der Waals surface area contributed by atoms with Gasteiger partial charge in [-0.2, -0.15) is 0 Å². The minimum Gasteiger partial charge on any atom is -0.451 e. The molecular formula is C19H23N3O4S. The molecule has 27 heavy (non-hydrogen) atoms. The van der Waals surface area contributed by atoms with Gasteiger partial charge in [0.1, 0.15) is 5.76 Å². The maximum atomic E-state index is 12.5. The number of sulfonamides is 1. The lowest BCUT2D eigenvalue weighted by atomic mass is 9.84. The van der Waals surface area contributed by atoms with E-state index in [9.17, 15) is 13.2 Å². The van der Waals surface area contributed by atoms with E-state index in [-0.39, 0.29) is 11.9 Å². The van der Waals surface area contributed by atoms with Gasteiger partial charge in [-0.1, -0.05) is 0 Å². The molecule has 4 heterocycles. The van der Waals surface area contributed by atoms with Crippen LogP contribution in [0.25, 0.3) is 11.3 Å². The predicted molar refractivity (Wildman–Crippen MR) is 103 cm³/mol. The normalized spacial score (nSPS) is 24.6.